The van der Waals surface area contributed by atoms with E-state index in [1.54, 1.807) is 6.08 Å². The SMILES string of the molecule is CCCCCCC(C)CC=CCC=CCCCC/C=C\C(=O)O. The van der Waals surface area contributed by atoms with Crippen LogP contribution in [0.15, 0.2) is 36.5 Å². The average molecular weight is 321 g/mol. The summed E-state index contributed by atoms with van der Waals surface area (Å²) in [6, 6.07) is 0. The van der Waals surface area contributed by atoms with E-state index in [4.69, 9.17) is 5.11 Å². The normalized spacial score (nSPS) is 13.5. The van der Waals surface area contributed by atoms with Crippen molar-refractivity contribution < 1.29 is 9.90 Å². The van der Waals surface area contributed by atoms with E-state index in [-0.39, 0.29) is 0 Å². The molecule has 0 spiro atoms. The number of aliphatic carboxylic acids is 1. The van der Waals surface area contributed by atoms with E-state index in [0.29, 0.717) is 0 Å². The molecule has 1 atom stereocenters. The van der Waals surface area contributed by atoms with Crippen LogP contribution in [0.3, 0.4) is 0 Å². The van der Waals surface area contributed by atoms with Crippen molar-refractivity contribution in [3.8, 4) is 0 Å². The first-order valence-corrected chi connectivity index (χ1v) is 9.36. The summed E-state index contributed by atoms with van der Waals surface area (Å²) >= 11 is 0. The topological polar surface area (TPSA) is 37.3 Å². The van der Waals surface area contributed by atoms with Crippen LogP contribution in [-0.2, 0) is 4.79 Å². The van der Waals surface area contributed by atoms with Gasteiger partial charge in [-0.25, -0.2) is 4.79 Å². The van der Waals surface area contributed by atoms with Gasteiger partial charge in [-0.2, -0.15) is 0 Å². The molecule has 0 aromatic heterocycles. The summed E-state index contributed by atoms with van der Waals surface area (Å²) in [5.41, 5.74) is 0. The van der Waals surface area contributed by atoms with Crippen LogP contribution in [0, 0.1) is 5.92 Å². The fourth-order valence-electron chi connectivity index (χ4n) is 2.46. The van der Waals surface area contributed by atoms with Gasteiger partial charge in [0.15, 0.2) is 0 Å². The summed E-state index contributed by atoms with van der Waals surface area (Å²) in [6.45, 7) is 4.61. The highest BCUT2D eigenvalue weighted by Crippen LogP contribution is 2.14. The summed E-state index contributed by atoms with van der Waals surface area (Å²) in [5, 5.41) is 8.45. The van der Waals surface area contributed by atoms with E-state index in [2.05, 4.69) is 38.2 Å². The molecular formula is C21H36O2. The number of hydrogen-bond donors (Lipinski definition) is 1. The Morgan fingerprint density at radius 1 is 0.913 bits per heavy atom. The van der Waals surface area contributed by atoms with Crippen molar-refractivity contribution in [2.24, 2.45) is 5.92 Å². The van der Waals surface area contributed by atoms with Crippen molar-refractivity contribution in [3.05, 3.63) is 36.5 Å². The van der Waals surface area contributed by atoms with Crippen molar-refractivity contribution in [2.75, 3.05) is 0 Å². The number of rotatable bonds is 15. The van der Waals surface area contributed by atoms with Crippen LogP contribution in [0.25, 0.3) is 0 Å². The first kappa shape index (κ1) is 21.7. The Morgan fingerprint density at radius 3 is 2.30 bits per heavy atom. The van der Waals surface area contributed by atoms with Crippen LogP contribution < -0.4 is 0 Å². The van der Waals surface area contributed by atoms with Crippen LogP contribution in [0.4, 0.5) is 0 Å². The molecule has 0 radical (unpaired) electrons. The van der Waals surface area contributed by atoms with Crippen molar-refractivity contribution in [1.82, 2.24) is 0 Å². The van der Waals surface area contributed by atoms with Crippen molar-refractivity contribution >= 4 is 5.97 Å². The van der Waals surface area contributed by atoms with E-state index in [1.807, 2.05) is 0 Å². The van der Waals surface area contributed by atoms with Gasteiger partial charge in [0.25, 0.3) is 0 Å². The zero-order valence-corrected chi connectivity index (χ0v) is 15.2. The van der Waals surface area contributed by atoms with Crippen LogP contribution in [0.5, 0.6) is 0 Å². The van der Waals surface area contributed by atoms with E-state index in [0.717, 1.165) is 38.0 Å². The van der Waals surface area contributed by atoms with E-state index in [9.17, 15) is 4.79 Å². The average Bonchev–Trinajstić information content (AvgIpc) is 2.52. The lowest BCUT2D eigenvalue weighted by Gasteiger charge is -2.07. The molecule has 0 rings (SSSR count). The van der Waals surface area contributed by atoms with E-state index < -0.39 is 5.97 Å². The lowest BCUT2D eigenvalue weighted by atomic mass is 9.99. The maximum Gasteiger partial charge on any atom is 0.327 e. The number of carboxylic acid groups (broad SMARTS) is 1. The number of allylic oxidation sites excluding steroid dienone is 5. The highest BCUT2D eigenvalue weighted by Gasteiger charge is 1.98. The molecule has 2 heteroatoms. The molecule has 0 aromatic rings. The first-order valence-electron chi connectivity index (χ1n) is 9.36. The van der Waals surface area contributed by atoms with E-state index >= 15 is 0 Å². The predicted molar refractivity (Wildman–Crippen MR) is 101 cm³/mol. The Bertz CT molecular complexity index is 353. The molecule has 0 bridgehead atoms. The third-order valence-corrected chi connectivity index (χ3v) is 3.95. The number of carboxylic acids is 1. The molecule has 0 aromatic carbocycles. The van der Waals surface area contributed by atoms with Crippen LogP contribution in [0.2, 0.25) is 0 Å². The van der Waals surface area contributed by atoms with Gasteiger partial charge in [0.2, 0.25) is 0 Å². The molecule has 0 aliphatic carbocycles. The summed E-state index contributed by atoms with van der Waals surface area (Å²) < 4.78 is 0. The Labute approximate surface area is 143 Å². The molecule has 23 heavy (non-hydrogen) atoms. The zero-order valence-electron chi connectivity index (χ0n) is 15.2. The molecular weight excluding hydrogens is 284 g/mol. The minimum atomic E-state index is -0.855. The molecule has 0 aliphatic rings. The van der Waals surface area contributed by atoms with Gasteiger partial charge in [0.05, 0.1) is 0 Å². The largest absolute Gasteiger partial charge is 0.478 e. The molecule has 0 heterocycles. The van der Waals surface area contributed by atoms with Gasteiger partial charge in [-0.3, -0.25) is 0 Å². The number of carbonyl (C=O) groups is 1. The van der Waals surface area contributed by atoms with Crippen LogP contribution in [0.1, 0.15) is 84.5 Å². The minimum Gasteiger partial charge on any atom is -0.478 e. The highest BCUT2D eigenvalue weighted by atomic mass is 16.4. The summed E-state index contributed by atoms with van der Waals surface area (Å²) in [5.74, 6) is -0.0436. The lowest BCUT2D eigenvalue weighted by molar-refractivity contribution is -0.131. The maximum absolute atomic E-state index is 10.3. The molecule has 0 fully saturated rings. The van der Waals surface area contributed by atoms with Gasteiger partial charge in [-0.15, -0.1) is 0 Å². The van der Waals surface area contributed by atoms with Gasteiger partial charge in [0.1, 0.15) is 0 Å². The standard InChI is InChI=1S/C21H36O2/c1-3-4-5-14-17-20(2)18-15-12-10-8-6-7-9-11-13-16-19-21(22)23/h6,8,12,15-16,19-20H,3-5,7,9-11,13-14,17-18H2,1-2H3,(H,22,23)/b8-6?,15-12?,19-16-. The van der Waals surface area contributed by atoms with Gasteiger partial charge >= 0.3 is 5.97 Å². The second-order valence-corrected chi connectivity index (χ2v) is 6.39. The fraction of sp³-hybridized carbons (Fsp3) is 0.667. The molecule has 0 aliphatic heterocycles. The monoisotopic (exact) mass is 320 g/mol. The third-order valence-electron chi connectivity index (χ3n) is 3.95. The zero-order chi connectivity index (χ0) is 17.2. The molecule has 0 amide bonds. The Morgan fingerprint density at radius 2 is 1.61 bits per heavy atom. The Kier molecular flexibility index (Phi) is 16.1. The van der Waals surface area contributed by atoms with Crippen LogP contribution >= 0.6 is 0 Å². The van der Waals surface area contributed by atoms with Crippen molar-refractivity contribution in [1.29, 1.82) is 0 Å². The highest BCUT2D eigenvalue weighted by molar-refractivity contribution is 5.79. The predicted octanol–water partition coefficient (Wildman–Crippen LogP) is 6.69. The van der Waals surface area contributed by atoms with Gasteiger partial charge in [-0.05, 0) is 44.4 Å². The number of hydrogen-bond acceptors (Lipinski definition) is 1. The molecule has 2 nitrogen and oxygen atoms in total. The summed E-state index contributed by atoms with van der Waals surface area (Å²) in [7, 11) is 0. The Hall–Kier alpha value is -1.31. The molecule has 0 saturated heterocycles. The fourth-order valence-corrected chi connectivity index (χ4v) is 2.46. The smallest absolute Gasteiger partial charge is 0.327 e. The Balaban J connectivity index is 3.42. The molecule has 0 saturated carbocycles. The number of unbranched alkanes of at least 4 members (excludes halogenated alkanes) is 6. The van der Waals surface area contributed by atoms with Crippen molar-refractivity contribution in [3.63, 3.8) is 0 Å². The van der Waals surface area contributed by atoms with E-state index in [1.165, 1.54) is 44.6 Å². The second kappa shape index (κ2) is 17.1. The van der Waals surface area contributed by atoms with Gasteiger partial charge in [-0.1, -0.05) is 76.3 Å². The van der Waals surface area contributed by atoms with Crippen LogP contribution in [-0.4, -0.2) is 11.1 Å². The van der Waals surface area contributed by atoms with Gasteiger partial charge in [0, 0.05) is 6.08 Å². The van der Waals surface area contributed by atoms with Gasteiger partial charge < -0.3 is 5.11 Å². The third kappa shape index (κ3) is 18.6. The van der Waals surface area contributed by atoms with Crippen molar-refractivity contribution in [2.45, 2.75) is 84.5 Å². The summed E-state index contributed by atoms with van der Waals surface area (Å²) in [4.78, 5) is 10.3. The molecule has 1 N–H and O–H groups in total. The minimum absolute atomic E-state index is 0.811. The maximum atomic E-state index is 10.3. The molecule has 132 valence electrons. The quantitative estimate of drug-likeness (QED) is 0.207. The molecule has 1 unspecified atom stereocenters. The summed E-state index contributed by atoms with van der Waals surface area (Å²) in [6.07, 6.45) is 25.2. The second-order valence-electron chi connectivity index (χ2n) is 6.39. The lowest BCUT2D eigenvalue weighted by Crippen LogP contribution is -1.92. The first-order chi connectivity index (χ1) is 11.2.